The highest BCUT2D eigenvalue weighted by atomic mass is 16.2. The van der Waals surface area contributed by atoms with E-state index in [9.17, 15) is 9.59 Å². The maximum atomic E-state index is 12.4. The van der Waals surface area contributed by atoms with E-state index in [0.717, 1.165) is 32.7 Å². The molecule has 28 heavy (non-hydrogen) atoms. The second kappa shape index (κ2) is 10.4. The third-order valence-corrected chi connectivity index (χ3v) is 4.86. The summed E-state index contributed by atoms with van der Waals surface area (Å²) in [6, 6.07) is 19.3. The first kappa shape index (κ1) is 19.8. The van der Waals surface area contributed by atoms with Crippen molar-refractivity contribution in [3.63, 3.8) is 0 Å². The second-order valence-electron chi connectivity index (χ2n) is 6.87. The molecule has 1 heterocycles. The Balaban J connectivity index is 1.33. The third kappa shape index (κ3) is 6.06. The standard InChI is InChI=1S/C23H27N3O2/c27-22(13-14-24-23(28)21-11-5-2-6-12-21)26-18-16-25(17-19-26)15-7-10-20-8-3-1-4-9-20/h1-12H,13-19H2,(H,24,28)/b10-7+. The summed E-state index contributed by atoms with van der Waals surface area (Å²) < 4.78 is 0. The Kier molecular flexibility index (Phi) is 7.38. The lowest BCUT2D eigenvalue weighted by Gasteiger charge is -2.34. The highest BCUT2D eigenvalue weighted by Gasteiger charge is 2.20. The summed E-state index contributed by atoms with van der Waals surface area (Å²) >= 11 is 0. The van der Waals surface area contributed by atoms with Crippen LogP contribution in [0.4, 0.5) is 0 Å². The van der Waals surface area contributed by atoms with Crippen LogP contribution < -0.4 is 5.32 Å². The van der Waals surface area contributed by atoms with Gasteiger partial charge in [0.15, 0.2) is 0 Å². The summed E-state index contributed by atoms with van der Waals surface area (Å²) in [4.78, 5) is 28.6. The zero-order valence-electron chi connectivity index (χ0n) is 16.1. The zero-order valence-corrected chi connectivity index (χ0v) is 16.1. The smallest absolute Gasteiger partial charge is 0.251 e. The van der Waals surface area contributed by atoms with Gasteiger partial charge in [0.2, 0.25) is 5.91 Å². The van der Waals surface area contributed by atoms with Crippen LogP contribution >= 0.6 is 0 Å². The van der Waals surface area contributed by atoms with Crippen LogP contribution in [-0.2, 0) is 4.79 Å². The van der Waals surface area contributed by atoms with Crippen molar-refractivity contribution < 1.29 is 9.59 Å². The van der Waals surface area contributed by atoms with Crippen LogP contribution in [0.5, 0.6) is 0 Å². The van der Waals surface area contributed by atoms with Gasteiger partial charge in [-0.15, -0.1) is 0 Å². The molecule has 0 spiro atoms. The summed E-state index contributed by atoms with van der Waals surface area (Å²) in [6.07, 6.45) is 4.64. The number of benzene rings is 2. The summed E-state index contributed by atoms with van der Waals surface area (Å²) in [5.41, 5.74) is 1.82. The van der Waals surface area contributed by atoms with E-state index in [-0.39, 0.29) is 11.8 Å². The van der Waals surface area contributed by atoms with Gasteiger partial charge in [-0.1, -0.05) is 60.7 Å². The molecule has 2 aromatic rings. The first-order valence-corrected chi connectivity index (χ1v) is 9.77. The van der Waals surface area contributed by atoms with Crippen LogP contribution in [0, 0.1) is 0 Å². The molecule has 0 radical (unpaired) electrons. The maximum absolute atomic E-state index is 12.4. The maximum Gasteiger partial charge on any atom is 0.251 e. The number of amides is 2. The van der Waals surface area contributed by atoms with Gasteiger partial charge in [0.05, 0.1) is 0 Å². The normalized spacial score (nSPS) is 14.9. The molecule has 0 unspecified atom stereocenters. The van der Waals surface area contributed by atoms with Gasteiger partial charge in [-0.2, -0.15) is 0 Å². The fourth-order valence-corrected chi connectivity index (χ4v) is 3.21. The molecule has 1 aliphatic heterocycles. The van der Waals surface area contributed by atoms with E-state index >= 15 is 0 Å². The van der Waals surface area contributed by atoms with Gasteiger partial charge in [0.25, 0.3) is 5.91 Å². The average Bonchev–Trinajstić information content (AvgIpc) is 2.75. The van der Waals surface area contributed by atoms with Crippen molar-refractivity contribution in [2.75, 3.05) is 39.3 Å². The topological polar surface area (TPSA) is 52.7 Å². The Morgan fingerprint density at radius 3 is 2.21 bits per heavy atom. The number of rotatable bonds is 7. The Hall–Kier alpha value is -2.92. The van der Waals surface area contributed by atoms with Crippen LogP contribution in [-0.4, -0.2) is 60.9 Å². The molecule has 1 saturated heterocycles. The van der Waals surface area contributed by atoms with Gasteiger partial charge < -0.3 is 10.2 Å². The highest BCUT2D eigenvalue weighted by molar-refractivity contribution is 5.94. The summed E-state index contributed by atoms with van der Waals surface area (Å²) in [6.45, 7) is 4.49. The van der Waals surface area contributed by atoms with Crippen LogP contribution in [0.15, 0.2) is 66.7 Å². The molecular formula is C23H27N3O2. The van der Waals surface area contributed by atoms with Gasteiger partial charge in [-0.3, -0.25) is 14.5 Å². The van der Waals surface area contributed by atoms with E-state index in [2.05, 4.69) is 34.5 Å². The summed E-state index contributed by atoms with van der Waals surface area (Å²) in [5.74, 6) is -0.0312. The quantitative estimate of drug-likeness (QED) is 0.807. The zero-order chi connectivity index (χ0) is 19.6. The molecule has 0 bridgehead atoms. The Bertz CT molecular complexity index is 782. The second-order valence-corrected chi connectivity index (χ2v) is 6.87. The molecule has 2 aromatic carbocycles. The third-order valence-electron chi connectivity index (χ3n) is 4.86. The Labute approximate surface area is 166 Å². The molecular weight excluding hydrogens is 350 g/mol. The monoisotopic (exact) mass is 377 g/mol. The van der Waals surface area contributed by atoms with Crippen molar-refractivity contribution >= 4 is 17.9 Å². The van der Waals surface area contributed by atoms with Gasteiger partial charge in [0.1, 0.15) is 0 Å². The van der Waals surface area contributed by atoms with Gasteiger partial charge in [-0.05, 0) is 17.7 Å². The molecule has 0 atom stereocenters. The van der Waals surface area contributed by atoms with Crippen molar-refractivity contribution in [3.8, 4) is 0 Å². The summed E-state index contributed by atoms with van der Waals surface area (Å²) in [5, 5.41) is 2.82. The van der Waals surface area contributed by atoms with Crippen molar-refractivity contribution in [1.29, 1.82) is 0 Å². The molecule has 3 rings (SSSR count). The number of carbonyl (C=O) groups excluding carboxylic acids is 2. The molecule has 146 valence electrons. The minimum absolute atomic E-state index is 0.104. The predicted molar refractivity (Wildman–Crippen MR) is 112 cm³/mol. The first-order chi connectivity index (χ1) is 13.7. The van der Waals surface area contributed by atoms with E-state index in [1.165, 1.54) is 5.56 Å². The highest BCUT2D eigenvalue weighted by Crippen LogP contribution is 2.06. The van der Waals surface area contributed by atoms with Gasteiger partial charge in [-0.25, -0.2) is 0 Å². The summed E-state index contributed by atoms with van der Waals surface area (Å²) in [7, 11) is 0. The molecule has 5 heteroatoms. The van der Waals surface area contributed by atoms with E-state index in [1.54, 1.807) is 12.1 Å². The molecule has 0 aromatic heterocycles. The average molecular weight is 377 g/mol. The molecule has 5 nitrogen and oxygen atoms in total. The predicted octanol–water partition coefficient (Wildman–Crippen LogP) is 2.66. The molecule has 0 saturated carbocycles. The fraction of sp³-hybridized carbons (Fsp3) is 0.304. The van der Waals surface area contributed by atoms with E-state index in [0.29, 0.717) is 18.5 Å². The largest absolute Gasteiger partial charge is 0.352 e. The molecule has 1 aliphatic rings. The van der Waals surface area contributed by atoms with Crippen molar-refractivity contribution in [2.24, 2.45) is 0 Å². The lowest BCUT2D eigenvalue weighted by molar-refractivity contribution is -0.132. The molecule has 1 N–H and O–H groups in total. The van der Waals surface area contributed by atoms with E-state index < -0.39 is 0 Å². The minimum Gasteiger partial charge on any atom is -0.352 e. The van der Waals surface area contributed by atoms with Crippen LogP contribution in [0.3, 0.4) is 0 Å². The number of hydrogen-bond donors (Lipinski definition) is 1. The lowest BCUT2D eigenvalue weighted by Crippen LogP contribution is -2.49. The van der Waals surface area contributed by atoms with Crippen molar-refractivity contribution in [2.45, 2.75) is 6.42 Å². The molecule has 1 fully saturated rings. The van der Waals surface area contributed by atoms with E-state index in [1.807, 2.05) is 41.3 Å². The van der Waals surface area contributed by atoms with Crippen molar-refractivity contribution in [3.05, 3.63) is 77.9 Å². The molecule has 2 amide bonds. The Morgan fingerprint density at radius 2 is 1.54 bits per heavy atom. The van der Waals surface area contributed by atoms with Crippen LogP contribution in [0.25, 0.3) is 6.08 Å². The minimum atomic E-state index is -0.136. The number of nitrogens with one attached hydrogen (secondary N) is 1. The number of piperazine rings is 1. The first-order valence-electron chi connectivity index (χ1n) is 9.77. The van der Waals surface area contributed by atoms with Crippen LogP contribution in [0.2, 0.25) is 0 Å². The number of carbonyl (C=O) groups is 2. The SMILES string of the molecule is O=C(NCCC(=O)N1CCN(C/C=C/c2ccccc2)CC1)c1ccccc1. The fourth-order valence-electron chi connectivity index (χ4n) is 3.21. The lowest BCUT2D eigenvalue weighted by atomic mass is 10.2. The van der Waals surface area contributed by atoms with E-state index in [4.69, 9.17) is 0 Å². The van der Waals surface area contributed by atoms with Crippen molar-refractivity contribution in [1.82, 2.24) is 15.1 Å². The molecule has 0 aliphatic carbocycles. The Morgan fingerprint density at radius 1 is 0.893 bits per heavy atom. The van der Waals surface area contributed by atoms with Crippen LogP contribution in [0.1, 0.15) is 22.3 Å². The number of hydrogen-bond acceptors (Lipinski definition) is 3. The van der Waals surface area contributed by atoms with Gasteiger partial charge in [0, 0.05) is 51.3 Å². The van der Waals surface area contributed by atoms with Gasteiger partial charge >= 0.3 is 0 Å². The number of nitrogens with zero attached hydrogens (tertiary/aromatic N) is 2.